The summed E-state index contributed by atoms with van der Waals surface area (Å²) in [5.74, 6) is -0.680. The lowest BCUT2D eigenvalue weighted by Crippen LogP contribution is -2.43. The largest absolute Gasteiger partial charge is 0.326 e. The number of carbonyl (C=O) groups is 2. The molecule has 0 saturated carbocycles. The summed E-state index contributed by atoms with van der Waals surface area (Å²) in [6.45, 7) is 4.50. The smallest absolute Gasteiger partial charge is 0.319 e. The first-order chi connectivity index (χ1) is 11.9. The molecule has 3 rings (SSSR count). The summed E-state index contributed by atoms with van der Waals surface area (Å²) in [6.07, 6.45) is 0.510. The number of para-hydroxylation sites is 1. The summed E-state index contributed by atoms with van der Waals surface area (Å²) in [5, 5.41) is 5.06. The van der Waals surface area contributed by atoms with E-state index < -0.39 is 17.9 Å². The molecule has 0 aliphatic carbocycles. The topological polar surface area (TPSA) is 61.4 Å². The van der Waals surface area contributed by atoms with Crippen LogP contribution >= 0.6 is 0 Å². The third-order valence-corrected chi connectivity index (χ3v) is 4.15. The van der Waals surface area contributed by atoms with Gasteiger partial charge in [-0.25, -0.2) is 9.18 Å². The molecule has 2 aromatic carbocycles. The van der Waals surface area contributed by atoms with Crippen molar-refractivity contribution in [2.45, 2.75) is 26.3 Å². The van der Waals surface area contributed by atoms with Crippen molar-refractivity contribution in [1.29, 1.82) is 0 Å². The Morgan fingerprint density at radius 1 is 1.16 bits per heavy atom. The van der Waals surface area contributed by atoms with Gasteiger partial charge in [0.2, 0.25) is 5.91 Å². The Hall–Kier alpha value is -2.89. The van der Waals surface area contributed by atoms with Crippen LogP contribution < -0.4 is 15.5 Å². The second kappa shape index (κ2) is 6.93. The van der Waals surface area contributed by atoms with Gasteiger partial charge >= 0.3 is 6.03 Å². The zero-order valence-corrected chi connectivity index (χ0v) is 14.2. The van der Waals surface area contributed by atoms with Crippen molar-refractivity contribution in [2.75, 3.05) is 16.8 Å². The molecule has 0 bridgehead atoms. The van der Waals surface area contributed by atoms with Gasteiger partial charge in [0.25, 0.3) is 0 Å². The number of urea groups is 1. The van der Waals surface area contributed by atoms with Crippen LogP contribution in [-0.4, -0.2) is 24.5 Å². The molecule has 1 saturated heterocycles. The van der Waals surface area contributed by atoms with E-state index in [1.165, 1.54) is 12.1 Å². The molecule has 130 valence electrons. The average molecular weight is 341 g/mol. The highest BCUT2D eigenvalue weighted by Crippen LogP contribution is 2.24. The highest BCUT2D eigenvalue weighted by Gasteiger charge is 2.33. The van der Waals surface area contributed by atoms with Crippen molar-refractivity contribution in [3.05, 3.63) is 59.4 Å². The van der Waals surface area contributed by atoms with E-state index >= 15 is 0 Å². The molecule has 1 fully saturated rings. The maximum atomic E-state index is 13.6. The predicted octanol–water partition coefficient (Wildman–Crippen LogP) is 3.37. The standard InChI is InChI=1S/C19H20FN3O2/c1-12-9-13(2)11-14(10-12)23-8-7-17(18(23)24)22-19(25)21-16-6-4-3-5-15(16)20/h3-6,9-11,17H,7-8H2,1-2H3,(H2,21,22,25)/t17-/m0/s1. The van der Waals surface area contributed by atoms with E-state index in [1.54, 1.807) is 17.0 Å². The second-order valence-corrected chi connectivity index (χ2v) is 6.26. The number of amides is 3. The Labute approximate surface area is 145 Å². The van der Waals surface area contributed by atoms with Gasteiger partial charge in [0.05, 0.1) is 5.69 Å². The lowest BCUT2D eigenvalue weighted by Gasteiger charge is -2.18. The first-order valence-corrected chi connectivity index (χ1v) is 8.16. The number of benzene rings is 2. The lowest BCUT2D eigenvalue weighted by atomic mass is 10.1. The van der Waals surface area contributed by atoms with E-state index in [4.69, 9.17) is 0 Å². The van der Waals surface area contributed by atoms with Gasteiger partial charge in [0.1, 0.15) is 11.9 Å². The van der Waals surface area contributed by atoms with Gasteiger partial charge in [-0.2, -0.15) is 0 Å². The number of carbonyl (C=O) groups excluding carboxylic acids is 2. The van der Waals surface area contributed by atoms with Crippen molar-refractivity contribution >= 4 is 23.3 Å². The minimum absolute atomic E-state index is 0.0802. The molecule has 6 heteroatoms. The fraction of sp³-hybridized carbons (Fsp3) is 0.263. The quantitative estimate of drug-likeness (QED) is 0.899. The number of aryl methyl sites for hydroxylation is 2. The van der Waals surface area contributed by atoms with Crippen LogP contribution in [0.5, 0.6) is 0 Å². The molecule has 1 atom stereocenters. The van der Waals surface area contributed by atoms with Gasteiger partial charge in [0, 0.05) is 12.2 Å². The van der Waals surface area contributed by atoms with Crippen molar-refractivity contribution < 1.29 is 14.0 Å². The molecule has 0 unspecified atom stereocenters. The Kier molecular flexibility index (Phi) is 4.70. The maximum Gasteiger partial charge on any atom is 0.319 e. The van der Waals surface area contributed by atoms with Gasteiger partial charge in [-0.3, -0.25) is 4.79 Å². The SMILES string of the molecule is Cc1cc(C)cc(N2CC[C@H](NC(=O)Nc3ccccc3F)C2=O)c1. The van der Waals surface area contributed by atoms with Crippen LogP contribution in [-0.2, 0) is 4.79 Å². The molecule has 25 heavy (non-hydrogen) atoms. The first kappa shape index (κ1) is 17.0. The molecule has 0 aromatic heterocycles. The van der Waals surface area contributed by atoms with E-state index in [0.29, 0.717) is 13.0 Å². The second-order valence-electron chi connectivity index (χ2n) is 6.26. The lowest BCUT2D eigenvalue weighted by molar-refractivity contribution is -0.118. The van der Waals surface area contributed by atoms with Gasteiger partial charge in [-0.1, -0.05) is 18.2 Å². The fourth-order valence-corrected chi connectivity index (χ4v) is 3.06. The van der Waals surface area contributed by atoms with E-state index in [1.807, 2.05) is 32.0 Å². The van der Waals surface area contributed by atoms with E-state index in [2.05, 4.69) is 10.6 Å². The van der Waals surface area contributed by atoms with E-state index in [-0.39, 0.29) is 11.6 Å². The highest BCUT2D eigenvalue weighted by molar-refractivity contribution is 6.02. The van der Waals surface area contributed by atoms with Crippen LogP contribution in [0.3, 0.4) is 0 Å². The van der Waals surface area contributed by atoms with Crippen LogP contribution in [0, 0.1) is 19.7 Å². The molecular formula is C19H20FN3O2. The molecule has 1 aliphatic rings. The summed E-state index contributed by atoms with van der Waals surface area (Å²) in [5.41, 5.74) is 3.07. The molecule has 0 spiro atoms. The zero-order valence-electron chi connectivity index (χ0n) is 14.2. The number of hydrogen-bond acceptors (Lipinski definition) is 2. The minimum Gasteiger partial charge on any atom is -0.326 e. The molecule has 2 aromatic rings. The van der Waals surface area contributed by atoms with Crippen molar-refractivity contribution in [1.82, 2.24) is 5.32 Å². The molecule has 1 heterocycles. The minimum atomic E-state index is -0.618. The summed E-state index contributed by atoms with van der Waals surface area (Å²) in [6, 6.07) is 10.6. The highest BCUT2D eigenvalue weighted by atomic mass is 19.1. The van der Waals surface area contributed by atoms with Crippen LogP contribution in [0.4, 0.5) is 20.6 Å². The zero-order chi connectivity index (χ0) is 18.0. The number of anilines is 2. The molecule has 5 nitrogen and oxygen atoms in total. The van der Waals surface area contributed by atoms with Crippen LogP contribution in [0.15, 0.2) is 42.5 Å². The predicted molar refractivity (Wildman–Crippen MR) is 95.2 cm³/mol. The third kappa shape index (κ3) is 3.79. The maximum absolute atomic E-state index is 13.6. The van der Waals surface area contributed by atoms with Crippen molar-refractivity contribution in [2.24, 2.45) is 0 Å². The number of halogens is 1. The Morgan fingerprint density at radius 3 is 2.52 bits per heavy atom. The summed E-state index contributed by atoms with van der Waals surface area (Å²) in [7, 11) is 0. The first-order valence-electron chi connectivity index (χ1n) is 8.16. The molecule has 3 amide bonds. The average Bonchev–Trinajstić information content (AvgIpc) is 2.89. The van der Waals surface area contributed by atoms with Crippen molar-refractivity contribution in [3.8, 4) is 0 Å². The summed E-state index contributed by atoms with van der Waals surface area (Å²) in [4.78, 5) is 26.3. The van der Waals surface area contributed by atoms with Gasteiger partial charge in [-0.05, 0) is 55.7 Å². The number of hydrogen-bond donors (Lipinski definition) is 2. The van der Waals surface area contributed by atoms with Gasteiger partial charge in [0.15, 0.2) is 0 Å². The number of nitrogens with zero attached hydrogens (tertiary/aromatic N) is 1. The van der Waals surface area contributed by atoms with Crippen LogP contribution in [0.1, 0.15) is 17.5 Å². The Morgan fingerprint density at radius 2 is 1.84 bits per heavy atom. The summed E-state index contributed by atoms with van der Waals surface area (Å²) >= 11 is 0. The van der Waals surface area contributed by atoms with Crippen LogP contribution in [0.25, 0.3) is 0 Å². The Bertz CT molecular complexity index is 802. The molecule has 1 aliphatic heterocycles. The number of rotatable bonds is 3. The fourth-order valence-electron chi connectivity index (χ4n) is 3.06. The monoisotopic (exact) mass is 341 g/mol. The normalized spacial score (nSPS) is 16.8. The van der Waals surface area contributed by atoms with E-state index in [0.717, 1.165) is 16.8 Å². The van der Waals surface area contributed by atoms with Crippen LogP contribution in [0.2, 0.25) is 0 Å². The molecule has 2 N–H and O–H groups in total. The summed E-state index contributed by atoms with van der Waals surface area (Å²) < 4.78 is 13.6. The van der Waals surface area contributed by atoms with Gasteiger partial charge in [-0.15, -0.1) is 0 Å². The van der Waals surface area contributed by atoms with E-state index in [9.17, 15) is 14.0 Å². The molecule has 0 radical (unpaired) electrons. The molecular weight excluding hydrogens is 321 g/mol. The third-order valence-electron chi connectivity index (χ3n) is 4.15. The van der Waals surface area contributed by atoms with Crippen molar-refractivity contribution in [3.63, 3.8) is 0 Å². The Balaban J connectivity index is 1.66. The number of nitrogens with one attached hydrogen (secondary N) is 2. The van der Waals surface area contributed by atoms with Gasteiger partial charge < -0.3 is 15.5 Å².